The predicted octanol–water partition coefficient (Wildman–Crippen LogP) is 4.58. The molecule has 1 unspecified atom stereocenters. The normalized spacial score (nSPS) is 31.1. The van der Waals surface area contributed by atoms with E-state index < -0.39 is 91.9 Å². The number of hydrogen-bond acceptors (Lipinski definition) is 11. The van der Waals surface area contributed by atoms with Crippen LogP contribution in [0.15, 0.2) is 18.2 Å². The number of amides is 4. The van der Waals surface area contributed by atoms with E-state index in [0.717, 1.165) is 25.7 Å². The number of carbonyl (C=O) groups excluding carboxylic acids is 4. The SMILES string of the molecule is CC[C@@H]1[C@@H]2CN(C(=O)[C@H](C(C)(C)C)NC(=O)O[C@@H]3CC3CCCCCc3nc4ccc(OC)cc4nc3O2)[C@@H]1C(=O)N[C@]1(C(=O)NS(=O)(=O)C2(Cl)CC2)C[C@H]1C(F)F. The lowest BCUT2D eigenvalue weighted by Gasteiger charge is -2.36. The standard InChI is InChI=1S/C39H51ClF2N6O9S/c1-6-22-28-19-48(29(22)32(49)46-39(18-23(39)31(41)42)35(51)47-58(53,54)38(40)14-15-38)34(50)30(37(2,3)4)45-36(52)57-27-16-20(27)10-8-7-9-11-25-33(56-28)44-26-17-21(55-5)12-13-24(26)43-25/h12-13,17,20,22-23,27-31H,6-11,14-16,18-19H2,1-5H3,(H,45,52)(H,46,49)(H,47,51)/t20?,22-,23+,27-,28+,29+,30-,39-/m1/s1. The number of halogens is 3. The molecular formula is C39H51ClF2N6O9S. The Bertz CT molecular complexity index is 2080. The molecule has 58 heavy (non-hydrogen) atoms. The van der Waals surface area contributed by atoms with Crippen LogP contribution in [0, 0.1) is 23.2 Å². The Labute approximate surface area is 341 Å². The van der Waals surface area contributed by atoms with E-state index >= 15 is 0 Å². The molecule has 15 nitrogen and oxygen atoms in total. The zero-order valence-corrected chi connectivity index (χ0v) is 34.8. The van der Waals surface area contributed by atoms with Crippen molar-refractivity contribution < 1.29 is 50.6 Å². The number of carbonyl (C=O) groups is 4. The van der Waals surface area contributed by atoms with Gasteiger partial charge in [0.1, 0.15) is 41.3 Å². The van der Waals surface area contributed by atoms with Crippen molar-refractivity contribution in [3.8, 4) is 11.6 Å². The Morgan fingerprint density at radius 3 is 2.48 bits per heavy atom. The molecule has 3 aliphatic carbocycles. The zero-order chi connectivity index (χ0) is 41.9. The maximum Gasteiger partial charge on any atom is 0.408 e. The van der Waals surface area contributed by atoms with Crippen LogP contribution in [0.1, 0.15) is 91.2 Å². The quantitative estimate of drug-likeness (QED) is 0.315. The third kappa shape index (κ3) is 8.23. The van der Waals surface area contributed by atoms with Crippen LogP contribution in [-0.2, 0) is 35.6 Å². The highest BCUT2D eigenvalue weighted by Crippen LogP contribution is 2.51. The molecule has 5 aliphatic rings. The second-order valence-corrected chi connectivity index (χ2v) is 20.3. The summed E-state index contributed by atoms with van der Waals surface area (Å²) in [4.78, 5) is 67.4. The van der Waals surface area contributed by atoms with Gasteiger partial charge >= 0.3 is 6.09 Å². The highest BCUT2D eigenvalue weighted by Gasteiger charge is 2.68. The number of benzene rings is 1. The van der Waals surface area contributed by atoms with Gasteiger partial charge in [0.05, 0.1) is 30.6 Å². The fourth-order valence-corrected chi connectivity index (χ4v) is 9.76. The molecular weight excluding hydrogens is 802 g/mol. The van der Waals surface area contributed by atoms with Crippen molar-refractivity contribution in [2.24, 2.45) is 23.2 Å². The summed E-state index contributed by atoms with van der Waals surface area (Å²) in [5, 5.41) is 5.20. The molecule has 8 atom stereocenters. The molecule has 3 heterocycles. The average Bonchev–Trinajstić information content (AvgIpc) is 4.11. The van der Waals surface area contributed by atoms with E-state index in [1.54, 1.807) is 45.9 Å². The van der Waals surface area contributed by atoms with E-state index in [0.29, 0.717) is 35.3 Å². The molecule has 4 fully saturated rings. The first-order chi connectivity index (χ1) is 27.3. The van der Waals surface area contributed by atoms with Gasteiger partial charge in [-0.2, -0.15) is 0 Å². The number of alkyl halides is 3. The zero-order valence-electron chi connectivity index (χ0n) is 33.2. The lowest BCUT2D eigenvalue weighted by Crippen LogP contribution is -2.61. The van der Waals surface area contributed by atoms with Crippen LogP contribution in [0.5, 0.6) is 11.6 Å². The summed E-state index contributed by atoms with van der Waals surface area (Å²) in [6.45, 7) is 6.80. The third-order valence-electron chi connectivity index (χ3n) is 12.2. The Balaban J connectivity index is 1.27. The van der Waals surface area contributed by atoms with Crippen molar-refractivity contribution >= 4 is 56.5 Å². The maximum atomic E-state index is 14.8. The summed E-state index contributed by atoms with van der Waals surface area (Å²) in [5.41, 5.74) is -1.53. The number of sulfonamides is 1. The van der Waals surface area contributed by atoms with Gasteiger partial charge in [0.15, 0.2) is 4.21 Å². The fraction of sp³-hybridized carbons (Fsp3) is 0.692. The van der Waals surface area contributed by atoms with Gasteiger partial charge in [0.2, 0.25) is 24.1 Å². The van der Waals surface area contributed by atoms with Crippen molar-refractivity contribution in [1.82, 2.24) is 30.2 Å². The summed E-state index contributed by atoms with van der Waals surface area (Å²) < 4.78 is 72.5. The Morgan fingerprint density at radius 2 is 1.84 bits per heavy atom. The first-order valence-electron chi connectivity index (χ1n) is 20.0. The first-order valence-corrected chi connectivity index (χ1v) is 21.8. The number of nitrogens with zero attached hydrogens (tertiary/aromatic N) is 3. The van der Waals surface area contributed by atoms with Crippen LogP contribution in [0.4, 0.5) is 13.6 Å². The largest absolute Gasteiger partial charge is 0.497 e. The van der Waals surface area contributed by atoms with Crippen LogP contribution < -0.4 is 24.8 Å². The minimum atomic E-state index is -4.48. The number of aromatic nitrogens is 2. The smallest absolute Gasteiger partial charge is 0.408 e. The lowest BCUT2D eigenvalue weighted by atomic mass is 9.85. The summed E-state index contributed by atoms with van der Waals surface area (Å²) >= 11 is 6.11. The molecule has 1 aromatic heterocycles. The average molecular weight is 853 g/mol. The van der Waals surface area contributed by atoms with Gasteiger partial charge in [-0.05, 0) is 74.8 Å². The molecule has 19 heteroatoms. The number of rotatable bonds is 8. The van der Waals surface area contributed by atoms with Crippen molar-refractivity contribution in [3.05, 3.63) is 23.9 Å². The van der Waals surface area contributed by atoms with Gasteiger partial charge in [-0.25, -0.2) is 36.7 Å². The molecule has 0 radical (unpaired) electrons. The Hall–Kier alpha value is -4.06. The topological polar surface area (TPSA) is 195 Å². The van der Waals surface area contributed by atoms with E-state index in [4.69, 9.17) is 35.8 Å². The van der Waals surface area contributed by atoms with Crippen LogP contribution in [-0.4, -0.2) is 101 Å². The van der Waals surface area contributed by atoms with Gasteiger partial charge in [0, 0.05) is 12.0 Å². The van der Waals surface area contributed by atoms with Crippen molar-refractivity contribution in [1.29, 1.82) is 0 Å². The first kappa shape index (κ1) is 42.1. The highest BCUT2D eigenvalue weighted by molar-refractivity contribution is 7.93. The molecule has 318 valence electrons. The van der Waals surface area contributed by atoms with Crippen LogP contribution in [0.3, 0.4) is 0 Å². The predicted molar refractivity (Wildman–Crippen MR) is 207 cm³/mol. The van der Waals surface area contributed by atoms with Gasteiger partial charge < -0.3 is 29.7 Å². The van der Waals surface area contributed by atoms with Gasteiger partial charge in [-0.3, -0.25) is 14.4 Å². The maximum absolute atomic E-state index is 14.8. The fourth-order valence-electron chi connectivity index (χ4n) is 8.30. The number of methoxy groups -OCH3 is 1. The number of hydrogen-bond donors (Lipinski definition) is 3. The third-order valence-corrected chi connectivity index (χ3v) is 15.0. The summed E-state index contributed by atoms with van der Waals surface area (Å²) in [5.74, 6) is -4.55. The molecule has 0 spiro atoms. The van der Waals surface area contributed by atoms with E-state index in [1.165, 1.54) is 12.0 Å². The summed E-state index contributed by atoms with van der Waals surface area (Å²) in [6.07, 6.45) is -0.663. The molecule has 2 aliphatic heterocycles. The number of alkyl carbamates (subject to hydrolysis) is 1. The van der Waals surface area contributed by atoms with Crippen molar-refractivity contribution in [2.75, 3.05) is 13.7 Å². The monoisotopic (exact) mass is 852 g/mol. The van der Waals surface area contributed by atoms with E-state index in [9.17, 15) is 36.4 Å². The Kier molecular flexibility index (Phi) is 11.3. The second kappa shape index (κ2) is 15.5. The highest BCUT2D eigenvalue weighted by atomic mass is 35.5. The van der Waals surface area contributed by atoms with E-state index in [-0.39, 0.29) is 43.7 Å². The van der Waals surface area contributed by atoms with Crippen molar-refractivity contribution in [3.63, 3.8) is 0 Å². The van der Waals surface area contributed by atoms with Gasteiger partial charge in [0.25, 0.3) is 15.9 Å². The molecule has 1 saturated heterocycles. The number of ether oxygens (including phenoxy) is 3. The van der Waals surface area contributed by atoms with Crippen LogP contribution >= 0.6 is 11.6 Å². The molecule has 2 bridgehead atoms. The second-order valence-electron chi connectivity index (χ2n) is 17.4. The molecule has 4 amide bonds. The molecule has 7 rings (SSSR count). The minimum Gasteiger partial charge on any atom is -0.497 e. The molecule has 3 saturated carbocycles. The lowest BCUT2D eigenvalue weighted by molar-refractivity contribution is -0.144. The van der Waals surface area contributed by atoms with Crippen molar-refractivity contribution in [2.45, 2.75) is 132 Å². The number of aryl methyl sites for hydroxylation is 1. The summed E-state index contributed by atoms with van der Waals surface area (Å²) in [7, 11) is -2.95. The van der Waals surface area contributed by atoms with Crippen LogP contribution in [0.2, 0.25) is 0 Å². The van der Waals surface area contributed by atoms with E-state index in [2.05, 4.69) is 10.6 Å². The number of fused-ring (bicyclic) bond motifs is 5. The van der Waals surface area contributed by atoms with E-state index in [1.807, 2.05) is 4.72 Å². The minimum absolute atomic E-state index is 0.0577. The van der Waals surface area contributed by atoms with Crippen LogP contribution in [0.25, 0.3) is 11.0 Å². The van der Waals surface area contributed by atoms with Gasteiger partial charge in [-0.15, -0.1) is 0 Å². The number of nitrogens with one attached hydrogen (secondary N) is 3. The molecule has 3 N–H and O–H groups in total. The molecule has 2 aromatic rings. The molecule has 1 aromatic carbocycles. The summed E-state index contributed by atoms with van der Waals surface area (Å²) in [6, 6.07) is 2.66. The van der Waals surface area contributed by atoms with Gasteiger partial charge in [-0.1, -0.05) is 52.1 Å². The Morgan fingerprint density at radius 1 is 1.10 bits per heavy atom.